The van der Waals surface area contributed by atoms with E-state index in [9.17, 15) is 4.79 Å². The van der Waals surface area contributed by atoms with Crippen molar-refractivity contribution in [1.82, 2.24) is 10.6 Å². The highest BCUT2D eigenvalue weighted by atomic mass is 16.5. The van der Waals surface area contributed by atoms with Gasteiger partial charge in [-0.2, -0.15) is 0 Å². The number of hydrogen-bond acceptors (Lipinski definition) is 5. The smallest absolute Gasteiger partial charge is 0.237 e. The molecule has 2 N–H and O–H groups in total. The molecule has 1 atom stereocenters. The lowest BCUT2D eigenvalue weighted by atomic mass is 10.1. The first-order valence-electron chi connectivity index (χ1n) is 10.0. The van der Waals surface area contributed by atoms with Crippen LogP contribution in [0.25, 0.3) is 10.8 Å². The largest absolute Gasteiger partial charge is 0.493 e. The van der Waals surface area contributed by atoms with Crippen LogP contribution in [0.4, 0.5) is 0 Å². The Morgan fingerprint density at radius 3 is 2.47 bits per heavy atom. The summed E-state index contributed by atoms with van der Waals surface area (Å²) in [4.78, 5) is 11.8. The van der Waals surface area contributed by atoms with Gasteiger partial charge in [0.25, 0.3) is 0 Å². The molecule has 0 spiro atoms. The van der Waals surface area contributed by atoms with Crippen molar-refractivity contribution in [3.63, 3.8) is 0 Å². The van der Waals surface area contributed by atoms with E-state index in [1.54, 1.807) is 14.2 Å². The molecule has 0 aromatic heterocycles. The third-order valence-corrected chi connectivity index (χ3v) is 5.37. The highest BCUT2D eigenvalue weighted by Crippen LogP contribution is 2.39. The molecule has 6 nitrogen and oxygen atoms in total. The van der Waals surface area contributed by atoms with Gasteiger partial charge in [0.15, 0.2) is 11.5 Å². The Morgan fingerprint density at radius 1 is 1.03 bits per heavy atom. The summed E-state index contributed by atoms with van der Waals surface area (Å²) in [5.41, 5.74) is 2.05. The number of benzene rings is 3. The average Bonchev–Trinajstić information content (AvgIpc) is 3.20. The molecule has 6 heteroatoms. The Labute approximate surface area is 176 Å². The van der Waals surface area contributed by atoms with Gasteiger partial charge in [-0.15, -0.1) is 0 Å². The van der Waals surface area contributed by atoms with Gasteiger partial charge in [0.2, 0.25) is 11.7 Å². The van der Waals surface area contributed by atoms with E-state index in [2.05, 4.69) is 34.9 Å². The standard InChI is InChI=1S/C24H26N2O4/c1-28-21-12-16(14-26-20-10-11-25-24(20)27)13-22(29-2)23(21)30-15-18-8-5-7-17-6-3-4-9-19(17)18/h3-9,12-13,20,26H,10-11,14-15H2,1-2H3,(H,25,27). The van der Waals surface area contributed by atoms with Gasteiger partial charge < -0.3 is 24.8 Å². The van der Waals surface area contributed by atoms with E-state index >= 15 is 0 Å². The Bertz CT molecular complexity index is 1020. The molecule has 0 radical (unpaired) electrons. The molecule has 1 aliphatic rings. The maximum absolute atomic E-state index is 11.8. The lowest BCUT2D eigenvalue weighted by Crippen LogP contribution is -2.35. The molecule has 1 heterocycles. The zero-order chi connectivity index (χ0) is 20.9. The number of fused-ring (bicyclic) bond motifs is 1. The molecule has 156 valence electrons. The van der Waals surface area contributed by atoms with E-state index in [0.29, 0.717) is 36.9 Å². The van der Waals surface area contributed by atoms with Crippen molar-refractivity contribution in [2.75, 3.05) is 20.8 Å². The van der Waals surface area contributed by atoms with Gasteiger partial charge >= 0.3 is 0 Å². The summed E-state index contributed by atoms with van der Waals surface area (Å²) in [6.07, 6.45) is 0.791. The van der Waals surface area contributed by atoms with Crippen molar-refractivity contribution >= 4 is 16.7 Å². The summed E-state index contributed by atoms with van der Waals surface area (Å²) in [6, 6.07) is 18.1. The highest BCUT2D eigenvalue weighted by Gasteiger charge is 2.23. The number of carbonyl (C=O) groups is 1. The molecule has 0 bridgehead atoms. The molecule has 3 aromatic rings. The fourth-order valence-electron chi connectivity index (χ4n) is 3.78. The molecular formula is C24H26N2O4. The molecule has 1 saturated heterocycles. The molecular weight excluding hydrogens is 380 g/mol. The van der Waals surface area contributed by atoms with Crippen molar-refractivity contribution in [1.29, 1.82) is 0 Å². The predicted octanol–water partition coefficient (Wildman–Crippen LogP) is 3.41. The van der Waals surface area contributed by atoms with Crippen molar-refractivity contribution < 1.29 is 19.0 Å². The zero-order valence-corrected chi connectivity index (χ0v) is 17.2. The lowest BCUT2D eigenvalue weighted by Gasteiger charge is -2.17. The van der Waals surface area contributed by atoms with Crippen LogP contribution in [0, 0.1) is 0 Å². The van der Waals surface area contributed by atoms with E-state index in [1.807, 2.05) is 30.3 Å². The van der Waals surface area contributed by atoms with Crippen molar-refractivity contribution in [2.24, 2.45) is 0 Å². The van der Waals surface area contributed by atoms with Gasteiger partial charge in [0.1, 0.15) is 6.61 Å². The van der Waals surface area contributed by atoms with Crippen LogP contribution in [-0.4, -0.2) is 32.7 Å². The molecule has 1 amide bonds. The minimum absolute atomic E-state index is 0.0453. The molecule has 1 fully saturated rings. The van der Waals surface area contributed by atoms with Gasteiger partial charge in [-0.1, -0.05) is 42.5 Å². The number of amides is 1. The second-order valence-corrected chi connectivity index (χ2v) is 7.27. The average molecular weight is 406 g/mol. The van der Waals surface area contributed by atoms with E-state index in [1.165, 1.54) is 5.39 Å². The second kappa shape index (κ2) is 9.05. The normalized spacial score (nSPS) is 15.8. The highest BCUT2D eigenvalue weighted by molar-refractivity contribution is 5.85. The number of methoxy groups -OCH3 is 2. The summed E-state index contributed by atoms with van der Waals surface area (Å²) < 4.78 is 17.3. The number of hydrogen-bond donors (Lipinski definition) is 2. The third-order valence-electron chi connectivity index (χ3n) is 5.37. The maximum Gasteiger partial charge on any atom is 0.237 e. The van der Waals surface area contributed by atoms with Crippen molar-refractivity contribution in [3.8, 4) is 17.2 Å². The second-order valence-electron chi connectivity index (χ2n) is 7.27. The maximum atomic E-state index is 11.8. The van der Waals surface area contributed by atoms with E-state index in [-0.39, 0.29) is 11.9 Å². The van der Waals surface area contributed by atoms with Crippen LogP contribution in [0.5, 0.6) is 17.2 Å². The van der Waals surface area contributed by atoms with Gasteiger partial charge in [-0.25, -0.2) is 0 Å². The summed E-state index contributed by atoms with van der Waals surface area (Å²) in [6.45, 7) is 1.65. The number of carbonyl (C=O) groups excluding carboxylic acids is 1. The summed E-state index contributed by atoms with van der Waals surface area (Å²) >= 11 is 0. The summed E-state index contributed by atoms with van der Waals surface area (Å²) in [7, 11) is 3.22. The van der Waals surface area contributed by atoms with Crippen LogP contribution in [-0.2, 0) is 17.9 Å². The molecule has 0 saturated carbocycles. The fourth-order valence-corrected chi connectivity index (χ4v) is 3.78. The van der Waals surface area contributed by atoms with Crippen molar-refractivity contribution in [3.05, 3.63) is 65.7 Å². The first-order valence-corrected chi connectivity index (χ1v) is 10.0. The van der Waals surface area contributed by atoms with Gasteiger partial charge in [-0.3, -0.25) is 4.79 Å². The fraction of sp³-hybridized carbons (Fsp3) is 0.292. The van der Waals surface area contributed by atoms with Crippen molar-refractivity contribution in [2.45, 2.75) is 25.6 Å². The summed E-state index contributed by atoms with van der Waals surface area (Å²) in [5, 5.41) is 8.45. The third kappa shape index (κ3) is 4.19. The first kappa shape index (κ1) is 20.0. The molecule has 0 aliphatic carbocycles. The van der Waals surface area contributed by atoms with E-state index < -0.39 is 0 Å². The monoisotopic (exact) mass is 406 g/mol. The van der Waals surface area contributed by atoms with Crippen LogP contribution in [0.15, 0.2) is 54.6 Å². The lowest BCUT2D eigenvalue weighted by molar-refractivity contribution is -0.120. The number of nitrogens with one attached hydrogen (secondary N) is 2. The van der Waals surface area contributed by atoms with Crippen LogP contribution in [0.1, 0.15) is 17.5 Å². The van der Waals surface area contributed by atoms with Gasteiger partial charge in [0.05, 0.1) is 20.3 Å². The topological polar surface area (TPSA) is 68.8 Å². The minimum Gasteiger partial charge on any atom is -0.493 e. The molecule has 1 aliphatic heterocycles. The minimum atomic E-state index is -0.163. The van der Waals surface area contributed by atoms with E-state index in [0.717, 1.165) is 22.9 Å². The molecule has 4 rings (SSSR count). The number of rotatable bonds is 8. The Hall–Kier alpha value is -3.25. The van der Waals surface area contributed by atoms with Crippen LogP contribution < -0.4 is 24.8 Å². The van der Waals surface area contributed by atoms with Crippen LogP contribution >= 0.6 is 0 Å². The Morgan fingerprint density at radius 2 is 1.77 bits per heavy atom. The predicted molar refractivity (Wildman–Crippen MR) is 116 cm³/mol. The quantitative estimate of drug-likeness (QED) is 0.600. The van der Waals surface area contributed by atoms with Gasteiger partial charge in [0, 0.05) is 13.1 Å². The number of ether oxygens (including phenoxy) is 3. The molecule has 30 heavy (non-hydrogen) atoms. The first-order chi connectivity index (χ1) is 14.7. The summed E-state index contributed by atoms with van der Waals surface area (Å²) in [5.74, 6) is 1.81. The Balaban J connectivity index is 1.54. The zero-order valence-electron chi connectivity index (χ0n) is 17.2. The van der Waals surface area contributed by atoms with Crippen LogP contribution in [0.2, 0.25) is 0 Å². The Kier molecular flexibility index (Phi) is 6.05. The SMILES string of the molecule is COc1cc(CNC2CCNC2=O)cc(OC)c1OCc1cccc2ccccc12. The molecule has 3 aromatic carbocycles. The van der Waals surface area contributed by atoms with Crippen LogP contribution in [0.3, 0.4) is 0 Å². The van der Waals surface area contributed by atoms with E-state index in [4.69, 9.17) is 14.2 Å². The molecule has 1 unspecified atom stereocenters. The van der Waals surface area contributed by atoms with Gasteiger partial charge in [-0.05, 0) is 40.5 Å².